The van der Waals surface area contributed by atoms with E-state index in [-0.39, 0.29) is 18.4 Å². The number of nitrogens with one attached hydrogen (secondary N) is 3. The molecule has 3 amide bonds. The number of rotatable bonds is 10. The van der Waals surface area contributed by atoms with Gasteiger partial charge in [-0.3, -0.25) is 19.2 Å². The largest absolute Gasteiger partial charge is 0.480 e. The lowest BCUT2D eigenvalue weighted by Gasteiger charge is -2.26. The van der Waals surface area contributed by atoms with Crippen molar-refractivity contribution < 1.29 is 24.3 Å². The molecule has 0 saturated heterocycles. The highest BCUT2D eigenvalue weighted by atomic mass is 16.4. The minimum Gasteiger partial charge on any atom is -0.480 e. The van der Waals surface area contributed by atoms with Crippen molar-refractivity contribution in [1.29, 1.82) is 0 Å². The third kappa shape index (κ3) is 8.48. The van der Waals surface area contributed by atoms with E-state index in [1.165, 1.54) is 6.92 Å². The molecule has 0 aromatic rings. The first-order chi connectivity index (χ1) is 11.5. The normalized spacial score (nSPS) is 14.6. The fourth-order valence-corrected chi connectivity index (χ4v) is 2.11. The molecule has 3 unspecified atom stereocenters. The molecular weight excluding hydrogens is 328 g/mol. The van der Waals surface area contributed by atoms with E-state index in [1.54, 1.807) is 13.8 Å². The Bertz CT molecular complexity index is 493. The van der Waals surface area contributed by atoms with Gasteiger partial charge in [-0.2, -0.15) is 0 Å². The molecule has 0 aromatic carbocycles. The molecule has 0 rings (SSSR count). The molecule has 9 nitrogen and oxygen atoms in total. The van der Waals surface area contributed by atoms with Crippen LogP contribution in [0.5, 0.6) is 0 Å². The Morgan fingerprint density at radius 2 is 1.48 bits per heavy atom. The topological polar surface area (TPSA) is 151 Å². The van der Waals surface area contributed by atoms with E-state index in [4.69, 9.17) is 10.8 Å². The number of hydrogen-bond donors (Lipinski definition) is 5. The van der Waals surface area contributed by atoms with Crippen LogP contribution in [-0.4, -0.2) is 53.5 Å². The van der Waals surface area contributed by atoms with E-state index in [2.05, 4.69) is 16.0 Å². The van der Waals surface area contributed by atoms with Crippen LogP contribution in [0.4, 0.5) is 0 Å². The maximum atomic E-state index is 12.5. The van der Waals surface area contributed by atoms with Crippen LogP contribution in [0.15, 0.2) is 0 Å². The molecule has 0 saturated carbocycles. The first kappa shape index (κ1) is 22.8. The maximum Gasteiger partial charge on any atom is 0.325 e. The second-order valence-electron chi connectivity index (χ2n) is 6.75. The summed E-state index contributed by atoms with van der Waals surface area (Å²) in [7, 11) is 0. The van der Waals surface area contributed by atoms with Crippen LogP contribution in [0.1, 0.15) is 41.0 Å². The Morgan fingerprint density at radius 1 is 0.920 bits per heavy atom. The van der Waals surface area contributed by atoms with Gasteiger partial charge in [0.25, 0.3) is 0 Å². The number of carboxylic acid groups (broad SMARTS) is 1. The zero-order chi connectivity index (χ0) is 19.7. The SMILES string of the molecule is CC(C)CC(NC(=O)CN)C(=O)NC(C(=O)NC(C)C(=O)O)C(C)C. The maximum absolute atomic E-state index is 12.5. The predicted molar refractivity (Wildman–Crippen MR) is 92.4 cm³/mol. The number of nitrogens with two attached hydrogens (primary N) is 1. The number of carbonyl (C=O) groups is 4. The minimum absolute atomic E-state index is 0.132. The van der Waals surface area contributed by atoms with Crippen molar-refractivity contribution >= 4 is 23.7 Å². The second kappa shape index (κ2) is 10.7. The Morgan fingerprint density at radius 3 is 1.88 bits per heavy atom. The lowest BCUT2D eigenvalue weighted by Crippen LogP contribution is -2.57. The summed E-state index contributed by atoms with van der Waals surface area (Å²) in [5.41, 5.74) is 5.27. The summed E-state index contributed by atoms with van der Waals surface area (Å²) in [5, 5.41) is 16.4. The monoisotopic (exact) mass is 358 g/mol. The van der Waals surface area contributed by atoms with Crippen LogP contribution in [0.2, 0.25) is 0 Å². The Balaban J connectivity index is 5.11. The summed E-state index contributed by atoms with van der Waals surface area (Å²) >= 11 is 0. The van der Waals surface area contributed by atoms with E-state index >= 15 is 0 Å². The molecule has 0 fully saturated rings. The van der Waals surface area contributed by atoms with Gasteiger partial charge in [-0.1, -0.05) is 27.7 Å². The van der Waals surface area contributed by atoms with Crippen LogP contribution in [0.3, 0.4) is 0 Å². The van der Waals surface area contributed by atoms with Gasteiger partial charge in [0.15, 0.2) is 0 Å². The lowest BCUT2D eigenvalue weighted by molar-refractivity contribution is -0.142. The zero-order valence-corrected chi connectivity index (χ0v) is 15.5. The molecule has 25 heavy (non-hydrogen) atoms. The molecule has 0 aromatic heterocycles. The molecule has 0 aliphatic rings. The lowest BCUT2D eigenvalue weighted by atomic mass is 9.99. The van der Waals surface area contributed by atoms with Gasteiger partial charge in [-0.15, -0.1) is 0 Å². The van der Waals surface area contributed by atoms with Crippen LogP contribution in [-0.2, 0) is 19.2 Å². The Kier molecular flexibility index (Phi) is 9.73. The average molecular weight is 358 g/mol. The number of amides is 3. The Hall–Kier alpha value is -2.16. The third-order valence-corrected chi connectivity index (χ3v) is 3.52. The summed E-state index contributed by atoms with van der Waals surface area (Å²) in [6.45, 7) is 8.35. The molecule has 0 radical (unpaired) electrons. The fourth-order valence-electron chi connectivity index (χ4n) is 2.11. The zero-order valence-electron chi connectivity index (χ0n) is 15.5. The first-order valence-corrected chi connectivity index (χ1v) is 8.32. The van der Waals surface area contributed by atoms with Gasteiger partial charge in [-0.05, 0) is 25.2 Å². The summed E-state index contributed by atoms with van der Waals surface area (Å²) in [5.74, 6) is -2.87. The van der Waals surface area contributed by atoms with E-state index in [0.29, 0.717) is 6.42 Å². The van der Waals surface area contributed by atoms with Gasteiger partial charge in [0.2, 0.25) is 17.7 Å². The van der Waals surface area contributed by atoms with Gasteiger partial charge in [0.05, 0.1) is 6.54 Å². The molecule has 0 bridgehead atoms. The van der Waals surface area contributed by atoms with Crippen LogP contribution in [0, 0.1) is 11.8 Å². The number of carboxylic acids is 1. The molecule has 0 spiro atoms. The van der Waals surface area contributed by atoms with Crippen molar-refractivity contribution in [3.05, 3.63) is 0 Å². The van der Waals surface area contributed by atoms with Crippen molar-refractivity contribution in [2.45, 2.75) is 59.2 Å². The van der Waals surface area contributed by atoms with E-state index in [0.717, 1.165) is 0 Å². The van der Waals surface area contributed by atoms with Crippen molar-refractivity contribution in [2.75, 3.05) is 6.54 Å². The molecule has 0 aliphatic carbocycles. The molecule has 3 atom stereocenters. The van der Waals surface area contributed by atoms with Crippen molar-refractivity contribution in [2.24, 2.45) is 17.6 Å². The van der Waals surface area contributed by atoms with Gasteiger partial charge in [-0.25, -0.2) is 0 Å². The number of carbonyl (C=O) groups excluding carboxylic acids is 3. The summed E-state index contributed by atoms with van der Waals surface area (Å²) in [6, 6.07) is -2.81. The first-order valence-electron chi connectivity index (χ1n) is 8.32. The third-order valence-electron chi connectivity index (χ3n) is 3.52. The predicted octanol–water partition coefficient (Wildman–Crippen LogP) is -0.794. The van der Waals surface area contributed by atoms with E-state index in [1.807, 2.05) is 13.8 Å². The quantitative estimate of drug-likeness (QED) is 0.345. The van der Waals surface area contributed by atoms with Crippen LogP contribution < -0.4 is 21.7 Å². The molecular formula is C16H30N4O5. The van der Waals surface area contributed by atoms with Crippen LogP contribution in [0.25, 0.3) is 0 Å². The molecule has 6 N–H and O–H groups in total. The fraction of sp³-hybridized carbons (Fsp3) is 0.750. The molecule has 0 heterocycles. The highest BCUT2D eigenvalue weighted by Crippen LogP contribution is 2.08. The second-order valence-corrected chi connectivity index (χ2v) is 6.75. The summed E-state index contributed by atoms with van der Waals surface area (Å²) in [6.07, 6.45) is 0.384. The number of hydrogen-bond acceptors (Lipinski definition) is 5. The van der Waals surface area contributed by atoms with Crippen molar-refractivity contribution in [3.8, 4) is 0 Å². The summed E-state index contributed by atoms with van der Waals surface area (Å²) in [4.78, 5) is 47.2. The van der Waals surface area contributed by atoms with Gasteiger partial charge < -0.3 is 26.8 Å². The van der Waals surface area contributed by atoms with Crippen molar-refractivity contribution in [1.82, 2.24) is 16.0 Å². The number of aliphatic carboxylic acids is 1. The average Bonchev–Trinajstić information content (AvgIpc) is 2.50. The standard InChI is InChI=1S/C16H30N4O5/c1-8(2)6-11(19-12(21)7-17)14(22)20-13(9(3)4)15(23)18-10(5)16(24)25/h8-11,13H,6-7,17H2,1-5H3,(H,18,23)(H,19,21)(H,20,22)(H,24,25). The molecule has 9 heteroatoms. The van der Waals surface area contributed by atoms with Gasteiger partial charge in [0.1, 0.15) is 18.1 Å². The van der Waals surface area contributed by atoms with E-state index < -0.39 is 41.8 Å². The highest BCUT2D eigenvalue weighted by molar-refractivity contribution is 5.93. The Labute approximate surface area is 148 Å². The smallest absolute Gasteiger partial charge is 0.325 e. The van der Waals surface area contributed by atoms with Gasteiger partial charge in [0, 0.05) is 0 Å². The van der Waals surface area contributed by atoms with Gasteiger partial charge >= 0.3 is 5.97 Å². The molecule has 0 aliphatic heterocycles. The summed E-state index contributed by atoms with van der Waals surface area (Å²) < 4.78 is 0. The highest BCUT2D eigenvalue weighted by Gasteiger charge is 2.30. The minimum atomic E-state index is -1.17. The van der Waals surface area contributed by atoms with Crippen molar-refractivity contribution in [3.63, 3.8) is 0 Å². The van der Waals surface area contributed by atoms with Crippen LogP contribution >= 0.6 is 0 Å². The van der Waals surface area contributed by atoms with E-state index in [9.17, 15) is 19.2 Å². The molecule has 144 valence electrons.